The lowest BCUT2D eigenvalue weighted by atomic mass is 10.0. The van der Waals surface area contributed by atoms with Crippen LogP contribution in [0.4, 0.5) is 5.69 Å². The second-order valence-corrected chi connectivity index (χ2v) is 6.59. The van der Waals surface area contributed by atoms with Crippen LogP contribution in [0.3, 0.4) is 0 Å². The second kappa shape index (κ2) is 8.67. The van der Waals surface area contributed by atoms with Crippen molar-refractivity contribution in [3.63, 3.8) is 0 Å². The topological polar surface area (TPSA) is 45.2 Å². The first-order chi connectivity index (χ1) is 13.2. The van der Waals surface area contributed by atoms with Gasteiger partial charge in [0.25, 0.3) is 5.91 Å². The number of carbonyl (C=O) groups is 1. The van der Waals surface area contributed by atoms with E-state index in [2.05, 4.69) is 60.2 Å². The number of anilines is 1. The summed E-state index contributed by atoms with van der Waals surface area (Å²) < 4.78 is 0. The molecular formula is C23H27N3O. The molecule has 3 rings (SSSR count). The van der Waals surface area contributed by atoms with Crippen molar-refractivity contribution < 1.29 is 4.79 Å². The Morgan fingerprint density at radius 2 is 1.78 bits per heavy atom. The Labute approximate surface area is 161 Å². The van der Waals surface area contributed by atoms with Gasteiger partial charge in [0.2, 0.25) is 0 Å². The van der Waals surface area contributed by atoms with E-state index in [1.807, 2.05) is 30.3 Å². The number of para-hydroxylation sites is 1. The van der Waals surface area contributed by atoms with Crippen LogP contribution >= 0.6 is 0 Å². The molecule has 27 heavy (non-hydrogen) atoms. The fraction of sp³-hybridized carbons (Fsp3) is 0.304. The Kier molecular flexibility index (Phi) is 6.07. The molecule has 140 valence electrons. The maximum atomic E-state index is 12.8. The van der Waals surface area contributed by atoms with Crippen LogP contribution in [0.2, 0.25) is 0 Å². The van der Waals surface area contributed by atoms with Gasteiger partial charge in [-0.3, -0.25) is 4.79 Å². The monoisotopic (exact) mass is 361 g/mol. The minimum atomic E-state index is -0.138. The Morgan fingerprint density at radius 3 is 2.52 bits per heavy atom. The number of pyridine rings is 1. The number of benzene rings is 2. The molecule has 1 heterocycles. The van der Waals surface area contributed by atoms with Gasteiger partial charge in [0, 0.05) is 24.2 Å². The fourth-order valence-corrected chi connectivity index (χ4v) is 3.37. The van der Waals surface area contributed by atoms with Crippen molar-refractivity contribution in [3.8, 4) is 0 Å². The molecule has 1 atom stereocenters. The third-order valence-corrected chi connectivity index (χ3v) is 4.95. The number of nitrogens with zero attached hydrogens (tertiary/aromatic N) is 2. The van der Waals surface area contributed by atoms with Gasteiger partial charge in [0.1, 0.15) is 5.69 Å². The van der Waals surface area contributed by atoms with Crippen LogP contribution < -0.4 is 10.2 Å². The van der Waals surface area contributed by atoms with Gasteiger partial charge in [0.15, 0.2) is 0 Å². The highest BCUT2D eigenvalue weighted by Crippen LogP contribution is 2.23. The van der Waals surface area contributed by atoms with Crippen LogP contribution in [-0.2, 0) is 0 Å². The van der Waals surface area contributed by atoms with Gasteiger partial charge in [-0.05, 0) is 50.1 Å². The summed E-state index contributed by atoms with van der Waals surface area (Å²) >= 11 is 0. The zero-order valence-corrected chi connectivity index (χ0v) is 16.3. The first-order valence-electron chi connectivity index (χ1n) is 9.67. The molecule has 1 N–H and O–H groups in total. The lowest BCUT2D eigenvalue weighted by Crippen LogP contribution is -2.29. The van der Waals surface area contributed by atoms with Crippen molar-refractivity contribution in [1.82, 2.24) is 10.3 Å². The predicted molar refractivity (Wildman–Crippen MR) is 112 cm³/mol. The van der Waals surface area contributed by atoms with Crippen molar-refractivity contribution in [3.05, 3.63) is 71.9 Å². The highest BCUT2D eigenvalue weighted by molar-refractivity contribution is 5.95. The van der Waals surface area contributed by atoms with E-state index in [0.717, 1.165) is 36.0 Å². The molecule has 0 aliphatic rings. The molecule has 0 saturated carbocycles. The van der Waals surface area contributed by atoms with Crippen molar-refractivity contribution >= 4 is 22.5 Å². The summed E-state index contributed by atoms with van der Waals surface area (Å²) in [6.45, 7) is 8.32. The summed E-state index contributed by atoms with van der Waals surface area (Å²) in [5.41, 5.74) is 3.60. The van der Waals surface area contributed by atoms with E-state index in [9.17, 15) is 4.79 Å². The molecule has 0 bridgehead atoms. The lowest BCUT2D eigenvalue weighted by molar-refractivity contribution is 0.0931. The Bertz CT molecular complexity index is 918. The van der Waals surface area contributed by atoms with E-state index in [1.54, 1.807) is 6.07 Å². The second-order valence-electron chi connectivity index (χ2n) is 6.59. The summed E-state index contributed by atoms with van der Waals surface area (Å²) in [5, 5.41) is 4.18. The lowest BCUT2D eigenvalue weighted by Gasteiger charge is -2.24. The molecule has 1 unspecified atom stereocenters. The van der Waals surface area contributed by atoms with Crippen LogP contribution in [-0.4, -0.2) is 24.0 Å². The summed E-state index contributed by atoms with van der Waals surface area (Å²) in [6.07, 6.45) is 0.820. The van der Waals surface area contributed by atoms with Gasteiger partial charge in [-0.25, -0.2) is 4.98 Å². The van der Waals surface area contributed by atoms with Gasteiger partial charge in [-0.1, -0.05) is 43.3 Å². The molecule has 0 aliphatic carbocycles. The number of fused-ring (bicyclic) bond motifs is 1. The first kappa shape index (κ1) is 18.9. The van der Waals surface area contributed by atoms with Gasteiger partial charge in [-0.15, -0.1) is 0 Å². The largest absolute Gasteiger partial charge is 0.372 e. The molecule has 0 radical (unpaired) electrons. The molecule has 1 aromatic heterocycles. The minimum Gasteiger partial charge on any atom is -0.372 e. The van der Waals surface area contributed by atoms with E-state index >= 15 is 0 Å². The number of amides is 1. The first-order valence-corrected chi connectivity index (χ1v) is 9.67. The van der Waals surface area contributed by atoms with Gasteiger partial charge in [0.05, 0.1) is 11.6 Å². The van der Waals surface area contributed by atoms with E-state index in [1.165, 1.54) is 5.69 Å². The Hall–Kier alpha value is -2.88. The van der Waals surface area contributed by atoms with Gasteiger partial charge in [-0.2, -0.15) is 0 Å². The van der Waals surface area contributed by atoms with Crippen LogP contribution in [0, 0.1) is 0 Å². The summed E-state index contributed by atoms with van der Waals surface area (Å²) in [7, 11) is 0. The third-order valence-electron chi connectivity index (χ3n) is 4.95. The number of nitrogens with one attached hydrogen (secondary N) is 1. The van der Waals surface area contributed by atoms with Gasteiger partial charge >= 0.3 is 0 Å². The fourth-order valence-electron chi connectivity index (χ4n) is 3.37. The van der Waals surface area contributed by atoms with Crippen LogP contribution in [0.5, 0.6) is 0 Å². The van der Waals surface area contributed by atoms with E-state index in [4.69, 9.17) is 0 Å². The van der Waals surface area contributed by atoms with E-state index in [0.29, 0.717) is 5.69 Å². The normalized spacial score (nSPS) is 12.0. The Morgan fingerprint density at radius 1 is 1.00 bits per heavy atom. The smallest absolute Gasteiger partial charge is 0.270 e. The highest BCUT2D eigenvalue weighted by Gasteiger charge is 2.16. The van der Waals surface area contributed by atoms with Crippen LogP contribution in [0.25, 0.3) is 10.9 Å². The third kappa shape index (κ3) is 4.27. The quantitative estimate of drug-likeness (QED) is 0.647. The van der Waals surface area contributed by atoms with E-state index in [-0.39, 0.29) is 11.9 Å². The molecule has 4 nitrogen and oxygen atoms in total. The summed E-state index contributed by atoms with van der Waals surface area (Å²) in [4.78, 5) is 19.6. The van der Waals surface area contributed by atoms with Crippen LogP contribution in [0.15, 0.2) is 60.7 Å². The zero-order chi connectivity index (χ0) is 19.2. The molecule has 2 aromatic carbocycles. The van der Waals surface area contributed by atoms with Crippen molar-refractivity contribution in [1.29, 1.82) is 0 Å². The average Bonchev–Trinajstić information content (AvgIpc) is 2.72. The summed E-state index contributed by atoms with van der Waals surface area (Å²) in [5.74, 6) is -0.138. The maximum absolute atomic E-state index is 12.8. The SMILES string of the molecule is CCC(NC(=O)c1ccc2ccccc2n1)c1cccc(N(CC)CC)c1. The molecule has 0 fully saturated rings. The highest BCUT2D eigenvalue weighted by atomic mass is 16.1. The van der Waals surface area contributed by atoms with Crippen molar-refractivity contribution in [2.75, 3.05) is 18.0 Å². The van der Waals surface area contributed by atoms with E-state index < -0.39 is 0 Å². The Balaban J connectivity index is 1.81. The van der Waals surface area contributed by atoms with Crippen LogP contribution in [0.1, 0.15) is 49.3 Å². The minimum absolute atomic E-state index is 0.0405. The number of aromatic nitrogens is 1. The number of rotatable bonds is 7. The molecule has 1 amide bonds. The van der Waals surface area contributed by atoms with Crippen molar-refractivity contribution in [2.24, 2.45) is 0 Å². The number of hydrogen-bond acceptors (Lipinski definition) is 3. The number of carbonyl (C=O) groups excluding carboxylic acids is 1. The molecule has 3 aromatic rings. The van der Waals surface area contributed by atoms with Crippen molar-refractivity contribution in [2.45, 2.75) is 33.2 Å². The molecule has 0 saturated heterocycles. The average molecular weight is 361 g/mol. The molecular weight excluding hydrogens is 334 g/mol. The van der Waals surface area contributed by atoms with Gasteiger partial charge < -0.3 is 10.2 Å². The predicted octanol–water partition coefficient (Wildman–Crippen LogP) is 4.96. The zero-order valence-electron chi connectivity index (χ0n) is 16.3. The molecule has 0 aliphatic heterocycles. The number of hydrogen-bond donors (Lipinski definition) is 1. The standard InChI is InChI=1S/C23H27N3O/c1-4-20(18-11-9-12-19(16-18)26(5-2)6-3)25-23(27)22-15-14-17-10-7-8-13-21(17)24-22/h7-16,20H,4-6H2,1-3H3,(H,25,27). The maximum Gasteiger partial charge on any atom is 0.270 e. The molecule has 4 heteroatoms. The molecule has 0 spiro atoms. The summed E-state index contributed by atoms with van der Waals surface area (Å²) in [6, 6.07) is 20.0.